The van der Waals surface area contributed by atoms with Crippen molar-refractivity contribution in [3.63, 3.8) is 0 Å². The maximum atomic E-state index is 6.53. The standard InChI is InChI=1S/C43H44N4O/c1-6-12-30(4)36-17-11-18-37(31(5)13-7-2)43(36)32-27-45-46(28-32)33-14-10-15-34(25-33)48-35-20-21-39-38-16-8-9-19-40(38)47(41(39)26-35)42-24-29(3)22-23-44-42/h8-11,14-28,30-31H,6-7,12-13H2,1-5H3/t30-,31?/m1/s1. The summed E-state index contributed by atoms with van der Waals surface area (Å²) < 4.78 is 10.7. The van der Waals surface area contributed by atoms with Crippen LogP contribution in [-0.2, 0) is 0 Å². The fourth-order valence-electron chi connectivity index (χ4n) is 7.24. The molecule has 7 rings (SSSR count). The number of pyridine rings is 1. The Morgan fingerprint density at radius 1 is 0.708 bits per heavy atom. The van der Waals surface area contributed by atoms with Crippen LogP contribution in [0, 0.1) is 6.92 Å². The van der Waals surface area contributed by atoms with Crippen molar-refractivity contribution < 1.29 is 4.74 Å². The molecule has 0 N–H and O–H groups in total. The van der Waals surface area contributed by atoms with Gasteiger partial charge in [0.1, 0.15) is 17.3 Å². The minimum Gasteiger partial charge on any atom is -0.457 e. The molecule has 0 fully saturated rings. The average Bonchev–Trinajstić information content (AvgIpc) is 3.71. The Bertz CT molecular complexity index is 2180. The number of para-hydroxylation sites is 1. The Balaban J connectivity index is 1.23. The van der Waals surface area contributed by atoms with Crippen LogP contribution in [0.15, 0.2) is 116 Å². The minimum absolute atomic E-state index is 0.483. The molecule has 0 radical (unpaired) electrons. The molecule has 0 saturated heterocycles. The van der Waals surface area contributed by atoms with Crippen molar-refractivity contribution in [2.75, 3.05) is 0 Å². The largest absolute Gasteiger partial charge is 0.457 e. The molecule has 2 atom stereocenters. The molecule has 242 valence electrons. The van der Waals surface area contributed by atoms with Crippen LogP contribution in [0.2, 0.25) is 0 Å². The first-order valence-corrected chi connectivity index (χ1v) is 17.4. The summed E-state index contributed by atoms with van der Waals surface area (Å²) in [6.45, 7) is 11.4. The number of ether oxygens (including phenoxy) is 1. The molecular weight excluding hydrogens is 589 g/mol. The predicted octanol–water partition coefficient (Wildman–Crippen LogP) is 11.9. The van der Waals surface area contributed by atoms with E-state index in [1.165, 1.54) is 64.3 Å². The van der Waals surface area contributed by atoms with Gasteiger partial charge in [0.05, 0.1) is 22.9 Å². The third-order valence-corrected chi connectivity index (χ3v) is 9.60. The average molecular weight is 633 g/mol. The third kappa shape index (κ3) is 6.01. The first-order chi connectivity index (χ1) is 23.4. The summed E-state index contributed by atoms with van der Waals surface area (Å²) in [4.78, 5) is 4.73. The molecule has 0 aliphatic rings. The number of nitrogens with zero attached hydrogens (tertiary/aromatic N) is 4. The van der Waals surface area contributed by atoms with Gasteiger partial charge in [-0.25, -0.2) is 9.67 Å². The molecular formula is C43H44N4O. The van der Waals surface area contributed by atoms with Crippen LogP contribution >= 0.6 is 0 Å². The lowest BCUT2D eigenvalue weighted by atomic mass is 9.82. The van der Waals surface area contributed by atoms with E-state index in [0.29, 0.717) is 11.8 Å². The Labute approximate surface area is 283 Å². The number of hydrogen-bond donors (Lipinski definition) is 0. The smallest absolute Gasteiger partial charge is 0.137 e. The van der Waals surface area contributed by atoms with Gasteiger partial charge in [-0.2, -0.15) is 5.10 Å². The third-order valence-electron chi connectivity index (χ3n) is 9.60. The van der Waals surface area contributed by atoms with Crippen molar-refractivity contribution in [1.29, 1.82) is 0 Å². The second-order valence-corrected chi connectivity index (χ2v) is 13.2. The maximum absolute atomic E-state index is 6.53. The summed E-state index contributed by atoms with van der Waals surface area (Å²) in [5.41, 5.74) is 9.67. The minimum atomic E-state index is 0.483. The molecule has 0 saturated carbocycles. The van der Waals surface area contributed by atoms with E-state index in [1.807, 2.05) is 35.3 Å². The van der Waals surface area contributed by atoms with E-state index in [0.717, 1.165) is 34.0 Å². The molecule has 0 aliphatic carbocycles. The van der Waals surface area contributed by atoms with E-state index in [9.17, 15) is 0 Å². The summed E-state index contributed by atoms with van der Waals surface area (Å²) in [5, 5.41) is 7.23. The summed E-state index contributed by atoms with van der Waals surface area (Å²) >= 11 is 0. The zero-order valence-electron chi connectivity index (χ0n) is 28.6. The summed E-state index contributed by atoms with van der Waals surface area (Å²) in [5.74, 6) is 3.39. The normalized spacial score (nSPS) is 12.9. The maximum Gasteiger partial charge on any atom is 0.137 e. The highest BCUT2D eigenvalue weighted by atomic mass is 16.5. The van der Waals surface area contributed by atoms with Gasteiger partial charge >= 0.3 is 0 Å². The molecule has 0 aliphatic heterocycles. The fourth-order valence-corrected chi connectivity index (χ4v) is 7.24. The van der Waals surface area contributed by atoms with Gasteiger partial charge in [0.25, 0.3) is 0 Å². The molecule has 0 bridgehead atoms. The second-order valence-electron chi connectivity index (χ2n) is 13.2. The van der Waals surface area contributed by atoms with Crippen molar-refractivity contribution >= 4 is 21.8 Å². The molecule has 3 heterocycles. The van der Waals surface area contributed by atoms with E-state index in [-0.39, 0.29) is 0 Å². The van der Waals surface area contributed by atoms with Gasteiger partial charge in [0.2, 0.25) is 0 Å². The number of aromatic nitrogens is 4. The molecule has 4 aromatic carbocycles. The number of rotatable bonds is 11. The first-order valence-electron chi connectivity index (χ1n) is 17.4. The lowest BCUT2D eigenvalue weighted by Crippen LogP contribution is -2.03. The Hall–Kier alpha value is -5.16. The van der Waals surface area contributed by atoms with Gasteiger partial charge in [0.15, 0.2) is 0 Å². The van der Waals surface area contributed by atoms with E-state index in [2.05, 4.69) is 124 Å². The Morgan fingerprint density at radius 3 is 2.17 bits per heavy atom. The van der Waals surface area contributed by atoms with E-state index < -0.39 is 0 Å². The van der Waals surface area contributed by atoms with Gasteiger partial charge < -0.3 is 4.74 Å². The van der Waals surface area contributed by atoms with Crippen LogP contribution in [-0.4, -0.2) is 19.3 Å². The summed E-state index contributed by atoms with van der Waals surface area (Å²) in [6, 6.07) is 34.0. The molecule has 0 amide bonds. The fraction of sp³-hybridized carbons (Fsp3) is 0.256. The number of benzene rings is 4. The van der Waals surface area contributed by atoms with Crippen LogP contribution in [0.25, 0.3) is 44.4 Å². The van der Waals surface area contributed by atoms with Crippen molar-refractivity contribution in [3.8, 4) is 34.1 Å². The van der Waals surface area contributed by atoms with E-state index in [1.54, 1.807) is 0 Å². The number of fused-ring (bicyclic) bond motifs is 3. The monoisotopic (exact) mass is 632 g/mol. The van der Waals surface area contributed by atoms with Crippen molar-refractivity contribution in [2.24, 2.45) is 0 Å². The van der Waals surface area contributed by atoms with Gasteiger partial charge in [0, 0.05) is 40.9 Å². The molecule has 0 spiro atoms. The van der Waals surface area contributed by atoms with Crippen LogP contribution in [0.1, 0.15) is 81.9 Å². The van der Waals surface area contributed by atoms with Gasteiger partial charge in [-0.15, -0.1) is 0 Å². The lowest BCUT2D eigenvalue weighted by molar-refractivity contribution is 0.483. The quantitative estimate of drug-likeness (QED) is 0.142. The highest BCUT2D eigenvalue weighted by molar-refractivity contribution is 6.09. The van der Waals surface area contributed by atoms with Crippen LogP contribution in [0.3, 0.4) is 0 Å². The van der Waals surface area contributed by atoms with Crippen LogP contribution in [0.4, 0.5) is 0 Å². The number of aryl methyl sites for hydroxylation is 1. The topological polar surface area (TPSA) is 44.9 Å². The first kappa shape index (κ1) is 31.4. The van der Waals surface area contributed by atoms with Crippen LogP contribution in [0.5, 0.6) is 11.5 Å². The van der Waals surface area contributed by atoms with Gasteiger partial charge in [-0.05, 0) is 96.3 Å². The Morgan fingerprint density at radius 2 is 1.42 bits per heavy atom. The molecule has 3 aromatic heterocycles. The second kappa shape index (κ2) is 13.5. The van der Waals surface area contributed by atoms with Crippen molar-refractivity contribution in [2.45, 2.75) is 72.1 Å². The van der Waals surface area contributed by atoms with Gasteiger partial charge in [-0.1, -0.05) is 83.0 Å². The highest BCUT2D eigenvalue weighted by Crippen LogP contribution is 2.39. The molecule has 5 nitrogen and oxygen atoms in total. The summed E-state index contributed by atoms with van der Waals surface area (Å²) in [6.07, 6.45) is 10.7. The molecule has 7 aromatic rings. The Kier molecular flexibility index (Phi) is 8.86. The SMILES string of the molecule is CCCC(C)c1cccc([C@H](C)CCC)c1-c1cnn(-c2cccc(Oc3ccc4c5ccccc5n(-c5cc(C)ccn5)c4c3)c2)c1. The zero-order valence-corrected chi connectivity index (χ0v) is 28.6. The zero-order chi connectivity index (χ0) is 33.2. The predicted molar refractivity (Wildman–Crippen MR) is 199 cm³/mol. The molecule has 48 heavy (non-hydrogen) atoms. The number of hydrogen-bond acceptors (Lipinski definition) is 3. The molecule has 5 heteroatoms. The lowest BCUT2D eigenvalue weighted by Gasteiger charge is -2.22. The van der Waals surface area contributed by atoms with Crippen molar-refractivity contribution in [3.05, 3.63) is 132 Å². The van der Waals surface area contributed by atoms with Crippen LogP contribution < -0.4 is 4.74 Å². The van der Waals surface area contributed by atoms with Crippen molar-refractivity contribution in [1.82, 2.24) is 19.3 Å². The van der Waals surface area contributed by atoms with Gasteiger partial charge in [-0.3, -0.25) is 4.57 Å². The highest BCUT2D eigenvalue weighted by Gasteiger charge is 2.20. The summed E-state index contributed by atoms with van der Waals surface area (Å²) in [7, 11) is 0. The molecule has 1 unspecified atom stereocenters. The van der Waals surface area contributed by atoms with E-state index in [4.69, 9.17) is 14.8 Å². The van der Waals surface area contributed by atoms with E-state index >= 15 is 0 Å².